The Morgan fingerprint density at radius 2 is 2.00 bits per heavy atom. The lowest BCUT2D eigenvalue weighted by Crippen LogP contribution is -1.90. The van der Waals surface area contributed by atoms with Crippen LogP contribution in [-0.4, -0.2) is 9.91 Å². The zero-order valence-electron chi connectivity index (χ0n) is 11.5. The maximum absolute atomic E-state index is 11.0. The number of hydrogen-bond donors (Lipinski definition) is 0. The number of halogens is 2. The number of non-ortho nitro benzene ring substituents is 1. The van der Waals surface area contributed by atoms with Crippen LogP contribution in [0.3, 0.4) is 0 Å². The third-order valence-electron chi connectivity index (χ3n) is 3.31. The fourth-order valence-corrected chi connectivity index (χ4v) is 2.50. The van der Waals surface area contributed by atoms with E-state index in [0.717, 1.165) is 5.56 Å². The average molecular weight is 337 g/mol. The van der Waals surface area contributed by atoms with Gasteiger partial charge in [0.2, 0.25) is 5.89 Å². The predicted octanol–water partition coefficient (Wildman–Crippen LogP) is 5.27. The van der Waals surface area contributed by atoms with Crippen molar-refractivity contribution in [2.75, 3.05) is 0 Å². The van der Waals surface area contributed by atoms with Crippen molar-refractivity contribution in [2.24, 2.45) is 0 Å². The second kappa shape index (κ2) is 5.59. The molecule has 0 aliphatic rings. The minimum Gasteiger partial charge on any atom is -0.436 e. The largest absolute Gasteiger partial charge is 0.436 e. The summed E-state index contributed by atoms with van der Waals surface area (Å²) in [6.45, 7) is 1.90. The maximum Gasteiger partial charge on any atom is 0.272 e. The van der Waals surface area contributed by atoms with Gasteiger partial charge in [0.25, 0.3) is 5.69 Å². The number of aryl methyl sites for hydroxylation is 1. The molecule has 0 bridgehead atoms. The molecule has 5 nitrogen and oxygen atoms in total. The van der Waals surface area contributed by atoms with Gasteiger partial charge < -0.3 is 4.42 Å². The molecule has 0 unspecified atom stereocenters. The summed E-state index contributed by atoms with van der Waals surface area (Å²) in [6.07, 6.45) is 0.605. The Bertz CT molecular complexity index is 890. The Morgan fingerprint density at radius 3 is 2.64 bits per heavy atom. The summed E-state index contributed by atoms with van der Waals surface area (Å²) in [5.41, 5.74) is 2.40. The first kappa shape index (κ1) is 14.8. The van der Waals surface area contributed by atoms with Crippen molar-refractivity contribution in [1.82, 2.24) is 4.98 Å². The number of benzene rings is 2. The molecule has 1 heterocycles. The van der Waals surface area contributed by atoms with E-state index < -0.39 is 4.92 Å². The molecule has 0 aliphatic carbocycles. The zero-order chi connectivity index (χ0) is 15.9. The summed E-state index contributed by atoms with van der Waals surface area (Å²) in [7, 11) is 0. The second-order valence-electron chi connectivity index (χ2n) is 4.71. The first-order valence-electron chi connectivity index (χ1n) is 6.53. The minimum atomic E-state index is -0.438. The molecule has 0 fully saturated rings. The SMILES string of the molecule is CCc1cc([N+](=O)[O-])cc2nc(-c3ccc(Cl)c(Cl)c3)oc12. The number of aromatic nitrogens is 1. The molecule has 1 aromatic heterocycles. The Hall–Kier alpha value is -2.11. The molecule has 0 saturated carbocycles. The lowest BCUT2D eigenvalue weighted by Gasteiger charge is -1.99. The molecule has 2 aromatic carbocycles. The van der Waals surface area contributed by atoms with Crippen LogP contribution in [0.15, 0.2) is 34.7 Å². The highest BCUT2D eigenvalue weighted by Crippen LogP contribution is 2.33. The normalized spacial score (nSPS) is 11.0. The summed E-state index contributed by atoms with van der Waals surface area (Å²) in [6, 6.07) is 7.94. The Kier molecular flexibility index (Phi) is 3.76. The van der Waals surface area contributed by atoms with Gasteiger partial charge in [-0.2, -0.15) is 0 Å². The van der Waals surface area contributed by atoms with E-state index in [9.17, 15) is 10.1 Å². The molecule has 22 heavy (non-hydrogen) atoms. The Morgan fingerprint density at radius 1 is 1.23 bits per heavy atom. The van der Waals surface area contributed by atoms with Crippen molar-refractivity contribution in [3.63, 3.8) is 0 Å². The summed E-state index contributed by atoms with van der Waals surface area (Å²) in [4.78, 5) is 14.9. The number of fused-ring (bicyclic) bond motifs is 1. The van der Waals surface area contributed by atoms with Gasteiger partial charge in [-0.05, 0) is 24.6 Å². The molecule has 0 N–H and O–H groups in total. The molecular weight excluding hydrogens is 327 g/mol. The van der Waals surface area contributed by atoms with E-state index in [0.29, 0.717) is 39.0 Å². The molecule has 0 saturated heterocycles. The lowest BCUT2D eigenvalue weighted by molar-refractivity contribution is -0.384. The van der Waals surface area contributed by atoms with E-state index in [2.05, 4.69) is 4.98 Å². The fraction of sp³-hybridized carbons (Fsp3) is 0.133. The van der Waals surface area contributed by atoms with Crippen LogP contribution in [0, 0.1) is 10.1 Å². The van der Waals surface area contributed by atoms with E-state index in [1.165, 1.54) is 12.1 Å². The molecule has 0 aliphatic heterocycles. The van der Waals surface area contributed by atoms with Crippen molar-refractivity contribution in [1.29, 1.82) is 0 Å². The summed E-state index contributed by atoms with van der Waals surface area (Å²) in [5.74, 6) is 0.351. The topological polar surface area (TPSA) is 69.2 Å². The van der Waals surface area contributed by atoms with Gasteiger partial charge in [-0.25, -0.2) is 4.98 Å². The number of rotatable bonds is 3. The van der Waals surface area contributed by atoms with Gasteiger partial charge in [-0.15, -0.1) is 0 Å². The monoisotopic (exact) mass is 336 g/mol. The first-order valence-corrected chi connectivity index (χ1v) is 7.28. The molecular formula is C15H10Cl2N2O3. The average Bonchev–Trinajstić information content (AvgIpc) is 2.92. The highest BCUT2D eigenvalue weighted by Gasteiger charge is 2.17. The highest BCUT2D eigenvalue weighted by atomic mass is 35.5. The fourth-order valence-electron chi connectivity index (χ4n) is 2.21. The molecule has 3 aromatic rings. The summed E-state index contributed by atoms with van der Waals surface area (Å²) < 4.78 is 5.77. The van der Waals surface area contributed by atoms with Gasteiger partial charge in [0.05, 0.1) is 15.0 Å². The Labute approximate surface area is 135 Å². The van der Waals surface area contributed by atoms with Crippen LogP contribution < -0.4 is 0 Å². The van der Waals surface area contributed by atoms with Crippen molar-refractivity contribution >= 4 is 40.0 Å². The van der Waals surface area contributed by atoms with Crippen LogP contribution in [-0.2, 0) is 6.42 Å². The molecule has 7 heteroatoms. The Balaban J connectivity index is 2.20. The van der Waals surface area contributed by atoms with Gasteiger partial charge >= 0.3 is 0 Å². The van der Waals surface area contributed by atoms with E-state index in [1.54, 1.807) is 18.2 Å². The van der Waals surface area contributed by atoms with Crippen molar-refractivity contribution in [3.8, 4) is 11.5 Å². The van der Waals surface area contributed by atoms with Crippen LogP contribution in [0.25, 0.3) is 22.6 Å². The van der Waals surface area contributed by atoms with Gasteiger partial charge in [0.15, 0.2) is 5.58 Å². The van der Waals surface area contributed by atoms with Crippen LogP contribution in [0.1, 0.15) is 12.5 Å². The lowest BCUT2D eigenvalue weighted by atomic mass is 10.1. The van der Waals surface area contributed by atoms with Crippen molar-refractivity contribution in [2.45, 2.75) is 13.3 Å². The van der Waals surface area contributed by atoms with Crippen molar-refractivity contribution in [3.05, 3.63) is 56.1 Å². The van der Waals surface area contributed by atoms with Gasteiger partial charge in [-0.1, -0.05) is 30.1 Å². The predicted molar refractivity (Wildman–Crippen MR) is 85.5 cm³/mol. The van der Waals surface area contributed by atoms with Crippen LogP contribution in [0.4, 0.5) is 5.69 Å². The second-order valence-corrected chi connectivity index (χ2v) is 5.53. The molecule has 0 atom stereocenters. The number of hydrogen-bond acceptors (Lipinski definition) is 4. The van der Waals surface area contributed by atoms with Crippen LogP contribution in [0.5, 0.6) is 0 Å². The third-order valence-corrected chi connectivity index (χ3v) is 4.05. The van der Waals surface area contributed by atoms with E-state index in [1.807, 2.05) is 6.92 Å². The van der Waals surface area contributed by atoms with Gasteiger partial charge in [0, 0.05) is 23.3 Å². The number of nitrogens with zero attached hydrogens (tertiary/aromatic N) is 2. The molecule has 3 rings (SSSR count). The van der Waals surface area contributed by atoms with Crippen LogP contribution in [0.2, 0.25) is 10.0 Å². The van der Waals surface area contributed by atoms with E-state index in [-0.39, 0.29) is 5.69 Å². The standard InChI is InChI=1S/C15H10Cl2N2O3/c1-2-8-5-10(19(20)21)7-13-14(8)22-15(18-13)9-3-4-11(16)12(17)6-9/h3-7H,2H2,1H3. The third kappa shape index (κ3) is 2.53. The highest BCUT2D eigenvalue weighted by molar-refractivity contribution is 6.42. The number of nitro groups is 1. The van der Waals surface area contributed by atoms with Gasteiger partial charge in [0.1, 0.15) is 5.52 Å². The van der Waals surface area contributed by atoms with Crippen LogP contribution >= 0.6 is 23.2 Å². The summed E-state index contributed by atoms with van der Waals surface area (Å²) >= 11 is 11.9. The quantitative estimate of drug-likeness (QED) is 0.482. The molecule has 0 radical (unpaired) electrons. The van der Waals surface area contributed by atoms with Gasteiger partial charge in [-0.3, -0.25) is 10.1 Å². The molecule has 0 spiro atoms. The van der Waals surface area contributed by atoms with E-state index in [4.69, 9.17) is 27.6 Å². The number of nitro benzene ring substituents is 1. The number of oxazole rings is 1. The summed E-state index contributed by atoms with van der Waals surface area (Å²) in [5, 5.41) is 11.8. The minimum absolute atomic E-state index is 0.00154. The van der Waals surface area contributed by atoms with E-state index >= 15 is 0 Å². The smallest absolute Gasteiger partial charge is 0.272 e. The molecule has 0 amide bonds. The molecule has 112 valence electrons. The zero-order valence-corrected chi connectivity index (χ0v) is 13.0. The van der Waals surface area contributed by atoms with Crippen molar-refractivity contribution < 1.29 is 9.34 Å². The first-order chi connectivity index (χ1) is 10.5. The maximum atomic E-state index is 11.0.